The quantitative estimate of drug-likeness (QED) is 0.162. The second kappa shape index (κ2) is 15.2. The van der Waals surface area contributed by atoms with Crippen molar-refractivity contribution in [3.8, 4) is 5.75 Å². The zero-order valence-corrected chi connectivity index (χ0v) is 27.5. The number of hydrogen-bond acceptors (Lipinski definition) is 5. The number of nitrogens with zero attached hydrogens (tertiary/aromatic N) is 2. The van der Waals surface area contributed by atoms with Crippen LogP contribution in [0.1, 0.15) is 24.0 Å². The third-order valence-electron chi connectivity index (χ3n) is 8.00. The van der Waals surface area contributed by atoms with E-state index in [4.69, 9.17) is 55.9 Å². The van der Waals surface area contributed by atoms with E-state index in [1.165, 1.54) is 5.57 Å². The standard InChI is InChI=1S/C34H37Cl4N3O3/c35-29-11-9-27(10-12-29)24-41(30-7-4-8-31(21-30)44-20-17-40-15-18-43-19-16-40)25-28-13-14-33(23-28,39-32(42)34(36,37)38)22-26-5-2-1-3-6-26/h1-12,21,23H,13-20,22,24-25H2,(H,39,42). The molecule has 0 radical (unpaired) electrons. The first kappa shape index (κ1) is 32.9. The molecular formula is C34H37Cl4N3O3. The summed E-state index contributed by atoms with van der Waals surface area (Å²) in [4.78, 5) is 17.6. The van der Waals surface area contributed by atoms with Crippen molar-refractivity contribution in [2.24, 2.45) is 0 Å². The molecule has 0 saturated carbocycles. The molecule has 2 aliphatic rings. The maximum atomic E-state index is 12.9. The van der Waals surface area contributed by atoms with Gasteiger partial charge in [0.15, 0.2) is 0 Å². The van der Waals surface area contributed by atoms with Gasteiger partial charge in [-0.25, -0.2) is 0 Å². The third-order valence-corrected chi connectivity index (χ3v) is 8.77. The molecule has 1 N–H and O–H groups in total. The van der Waals surface area contributed by atoms with Gasteiger partial charge in [0.25, 0.3) is 9.70 Å². The molecule has 1 heterocycles. The van der Waals surface area contributed by atoms with Gasteiger partial charge in [0.05, 0.1) is 18.8 Å². The fourth-order valence-corrected chi connectivity index (χ4v) is 6.03. The number of benzene rings is 3. The van der Waals surface area contributed by atoms with E-state index in [0.29, 0.717) is 37.6 Å². The van der Waals surface area contributed by atoms with Gasteiger partial charge in [-0.05, 0) is 54.7 Å². The number of carbonyl (C=O) groups is 1. The topological polar surface area (TPSA) is 54.0 Å². The first-order valence-electron chi connectivity index (χ1n) is 14.8. The minimum Gasteiger partial charge on any atom is -0.492 e. The number of amides is 1. The zero-order chi connectivity index (χ0) is 31.0. The lowest BCUT2D eigenvalue weighted by atomic mass is 9.90. The maximum Gasteiger partial charge on any atom is 0.272 e. The number of alkyl halides is 3. The van der Waals surface area contributed by atoms with E-state index in [1.807, 2.05) is 66.7 Å². The van der Waals surface area contributed by atoms with Crippen LogP contribution in [-0.2, 0) is 22.5 Å². The summed E-state index contributed by atoms with van der Waals surface area (Å²) in [6, 6.07) is 26.2. The Morgan fingerprint density at radius 2 is 1.70 bits per heavy atom. The molecule has 1 atom stereocenters. The van der Waals surface area contributed by atoms with Crippen molar-refractivity contribution in [3.63, 3.8) is 0 Å². The molecule has 1 aliphatic carbocycles. The zero-order valence-electron chi connectivity index (χ0n) is 24.5. The van der Waals surface area contributed by atoms with Crippen LogP contribution in [0.15, 0.2) is 90.5 Å². The third kappa shape index (κ3) is 9.53. The molecule has 1 fully saturated rings. The van der Waals surface area contributed by atoms with Gasteiger partial charge >= 0.3 is 0 Å². The summed E-state index contributed by atoms with van der Waals surface area (Å²) in [5.74, 6) is 0.196. The minimum atomic E-state index is -2.05. The van der Waals surface area contributed by atoms with Crippen molar-refractivity contribution in [3.05, 3.63) is 107 Å². The predicted molar refractivity (Wildman–Crippen MR) is 180 cm³/mol. The van der Waals surface area contributed by atoms with Crippen molar-refractivity contribution in [1.82, 2.24) is 10.2 Å². The van der Waals surface area contributed by atoms with Gasteiger partial charge in [0.1, 0.15) is 12.4 Å². The molecule has 3 aromatic rings. The van der Waals surface area contributed by atoms with Crippen molar-refractivity contribution in [2.45, 2.75) is 35.1 Å². The van der Waals surface area contributed by atoms with E-state index in [1.54, 1.807) is 0 Å². The molecular weight excluding hydrogens is 640 g/mol. The van der Waals surface area contributed by atoms with E-state index in [2.05, 4.69) is 33.3 Å². The number of ether oxygens (including phenoxy) is 2. The first-order chi connectivity index (χ1) is 21.2. The van der Waals surface area contributed by atoms with Crippen LogP contribution in [0.5, 0.6) is 5.75 Å². The molecule has 1 saturated heterocycles. The van der Waals surface area contributed by atoms with Gasteiger partial charge in [-0.1, -0.05) is 107 Å². The second-order valence-electron chi connectivity index (χ2n) is 11.4. The fourth-order valence-electron chi connectivity index (χ4n) is 5.76. The Hall–Kier alpha value is -2.45. The van der Waals surface area contributed by atoms with Gasteiger partial charge in [-0.2, -0.15) is 0 Å². The highest BCUT2D eigenvalue weighted by Gasteiger charge is 2.40. The Bertz CT molecular complexity index is 1410. The summed E-state index contributed by atoms with van der Waals surface area (Å²) in [7, 11) is 0. The number of halogens is 4. The fraction of sp³-hybridized carbons (Fsp3) is 0.382. The molecule has 5 rings (SSSR count). The number of nitrogens with one attached hydrogen (secondary N) is 1. The Morgan fingerprint density at radius 3 is 2.43 bits per heavy atom. The molecule has 3 aromatic carbocycles. The average molecular weight is 678 g/mol. The lowest BCUT2D eigenvalue weighted by molar-refractivity contribution is -0.121. The molecule has 44 heavy (non-hydrogen) atoms. The number of carbonyl (C=O) groups excluding carboxylic acids is 1. The molecule has 0 spiro atoms. The van der Waals surface area contributed by atoms with Gasteiger partial charge in [-0.15, -0.1) is 0 Å². The Labute approximate surface area is 279 Å². The molecule has 1 unspecified atom stereocenters. The van der Waals surface area contributed by atoms with Crippen LogP contribution in [0.25, 0.3) is 0 Å². The van der Waals surface area contributed by atoms with E-state index in [-0.39, 0.29) is 0 Å². The first-order valence-corrected chi connectivity index (χ1v) is 16.3. The SMILES string of the molecule is O=C(NC1(Cc2ccccc2)C=C(CN(Cc2ccc(Cl)cc2)c2cccc(OCCN3CCOCC3)c2)CC1)C(Cl)(Cl)Cl. The summed E-state index contributed by atoms with van der Waals surface area (Å²) in [5, 5.41) is 3.76. The number of morpholine rings is 1. The Morgan fingerprint density at radius 1 is 0.955 bits per heavy atom. The van der Waals surface area contributed by atoms with Crippen LogP contribution >= 0.6 is 46.4 Å². The molecule has 10 heteroatoms. The summed E-state index contributed by atoms with van der Waals surface area (Å²) < 4.78 is 9.59. The van der Waals surface area contributed by atoms with Crippen LogP contribution in [0.2, 0.25) is 5.02 Å². The van der Waals surface area contributed by atoms with Crippen LogP contribution in [0, 0.1) is 0 Å². The van der Waals surface area contributed by atoms with Gasteiger partial charge in [-0.3, -0.25) is 9.69 Å². The highest BCUT2D eigenvalue weighted by atomic mass is 35.6. The molecule has 1 amide bonds. The summed E-state index contributed by atoms with van der Waals surface area (Å²) >= 11 is 24.1. The van der Waals surface area contributed by atoms with Crippen molar-refractivity contribution >= 4 is 58.0 Å². The summed E-state index contributed by atoms with van der Waals surface area (Å²) in [5.41, 5.74) is 3.78. The largest absolute Gasteiger partial charge is 0.492 e. The van der Waals surface area contributed by atoms with Crippen molar-refractivity contribution in [2.75, 3.05) is 50.9 Å². The van der Waals surface area contributed by atoms with E-state index < -0.39 is 15.2 Å². The molecule has 234 valence electrons. The van der Waals surface area contributed by atoms with Gasteiger partial charge in [0.2, 0.25) is 0 Å². The normalized spacial score (nSPS) is 19.0. The molecule has 1 aliphatic heterocycles. The maximum absolute atomic E-state index is 12.9. The Balaban J connectivity index is 1.37. The number of rotatable bonds is 12. The second-order valence-corrected chi connectivity index (χ2v) is 14.1. The number of hydrogen-bond donors (Lipinski definition) is 1. The lowest BCUT2D eigenvalue weighted by Gasteiger charge is -2.30. The molecule has 0 aromatic heterocycles. The van der Waals surface area contributed by atoms with E-state index in [0.717, 1.165) is 61.8 Å². The van der Waals surface area contributed by atoms with Gasteiger partial charge in [0, 0.05) is 49.5 Å². The molecule has 0 bridgehead atoms. The van der Waals surface area contributed by atoms with Gasteiger partial charge < -0.3 is 19.7 Å². The lowest BCUT2D eigenvalue weighted by Crippen LogP contribution is -2.51. The smallest absolute Gasteiger partial charge is 0.272 e. The van der Waals surface area contributed by atoms with Crippen LogP contribution in [-0.4, -0.2) is 66.1 Å². The van der Waals surface area contributed by atoms with Crippen LogP contribution in [0.3, 0.4) is 0 Å². The summed E-state index contributed by atoms with van der Waals surface area (Å²) in [6.45, 7) is 6.19. The summed E-state index contributed by atoms with van der Waals surface area (Å²) in [6.07, 6.45) is 4.24. The highest BCUT2D eigenvalue weighted by Crippen LogP contribution is 2.36. The minimum absolute atomic E-state index is 0.591. The van der Waals surface area contributed by atoms with Crippen LogP contribution < -0.4 is 15.0 Å². The monoisotopic (exact) mass is 675 g/mol. The highest BCUT2D eigenvalue weighted by molar-refractivity contribution is 6.76. The average Bonchev–Trinajstić information content (AvgIpc) is 3.40. The predicted octanol–water partition coefficient (Wildman–Crippen LogP) is 7.25. The molecule has 6 nitrogen and oxygen atoms in total. The number of anilines is 1. The van der Waals surface area contributed by atoms with Crippen LogP contribution in [0.4, 0.5) is 5.69 Å². The van der Waals surface area contributed by atoms with Crippen molar-refractivity contribution in [1.29, 1.82) is 0 Å². The van der Waals surface area contributed by atoms with E-state index in [9.17, 15) is 4.79 Å². The van der Waals surface area contributed by atoms with Crippen molar-refractivity contribution < 1.29 is 14.3 Å². The Kier molecular flexibility index (Phi) is 11.4. The van der Waals surface area contributed by atoms with E-state index >= 15 is 0 Å².